The first kappa shape index (κ1) is 14.2. The zero-order valence-electron chi connectivity index (χ0n) is 12.5. The molecule has 2 heterocycles. The van der Waals surface area contributed by atoms with Gasteiger partial charge in [-0.1, -0.05) is 0 Å². The van der Waals surface area contributed by atoms with Crippen LogP contribution in [0.25, 0.3) is 11.6 Å². The van der Waals surface area contributed by atoms with Gasteiger partial charge in [0, 0.05) is 39.1 Å². The zero-order valence-corrected chi connectivity index (χ0v) is 12.5. The van der Waals surface area contributed by atoms with Gasteiger partial charge in [0.2, 0.25) is 17.7 Å². The van der Waals surface area contributed by atoms with Gasteiger partial charge in [-0.3, -0.25) is 0 Å². The van der Waals surface area contributed by atoms with E-state index < -0.39 is 0 Å². The van der Waals surface area contributed by atoms with Gasteiger partial charge < -0.3 is 14.8 Å². The van der Waals surface area contributed by atoms with Crippen LogP contribution < -0.4 is 10.2 Å². The first-order valence-corrected chi connectivity index (χ1v) is 6.93. The van der Waals surface area contributed by atoms with Crippen LogP contribution in [0, 0.1) is 0 Å². The Morgan fingerprint density at radius 3 is 2.50 bits per heavy atom. The van der Waals surface area contributed by atoms with E-state index in [1.807, 2.05) is 10.8 Å². The lowest BCUT2D eigenvalue weighted by Crippen LogP contribution is -2.25. The highest BCUT2D eigenvalue weighted by Gasteiger charge is 2.14. The van der Waals surface area contributed by atoms with Gasteiger partial charge in [-0.25, -0.2) is 4.98 Å². The molecule has 0 bridgehead atoms. The maximum atomic E-state index is 4.55. The van der Waals surface area contributed by atoms with Crippen molar-refractivity contribution in [3.63, 3.8) is 0 Å². The van der Waals surface area contributed by atoms with Gasteiger partial charge in [0.05, 0.1) is 0 Å². The van der Waals surface area contributed by atoms with Gasteiger partial charge in [0.15, 0.2) is 5.82 Å². The van der Waals surface area contributed by atoms with Crippen molar-refractivity contribution in [1.29, 1.82) is 0 Å². The molecule has 0 aliphatic carbocycles. The summed E-state index contributed by atoms with van der Waals surface area (Å²) in [5, 5.41) is 2.98. The molecular weight excluding hydrogens is 254 g/mol. The van der Waals surface area contributed by atoms with Gasteiger partial charge >= 0.3 is 0 Å². The zero-order chi connectivity index (χ0) is 14.5. The van der Waals surface area contributed by atoms with Crippen LogP contribution in [-0.2, 0) is 6.54 Å². The van der Waals surface area contributed by atoms with Crippen LogP contribution in [0.1, 0.15) is 20.8 Å². The van der Waals surface area contributed by atoms with E-state index in [1.165, 1.54) is 0 Å². The first-order valence-electron chi connectivity index (χ1n) is 6.93. The molecule has 0 radical (unpaired) electrons. The minimum atomic E-state index is 0.558. The average molecular weight is 275 g/mol. The Kier molecular flexibility index (Phi) is 4.49. The maximum Gasteiger partial charge on any atom is 0.230 e. The van der Waals surface area contributed by atoms with Crippen LogP contribution in [0.15, 0.2) is 12.4 Å². The number of aryl methyl sites for hydroxylation is 1. The standard InChI is InChI=1S/C13H21N7/c1-5-19(6-2)13-17-10(16-12(14-4)18-13)11-15-8-9-20(11)7-3/h8-9H,5-7H2,1-4H3,(H,14,16,17,18). The second-order valence-electron chi connectivity index (χ2n) is 4.24. The maximum absolute atomic E-state index is 4.55. The largest absolute Gasteiger partial charge is 0.357 e. The quantitative estimate of drug-likeness (QED) is 0.864. The van der Waals surface area contributed by atoms with Crippen LogP contribution in [-0.4, -0.2) is 44.6 Å². The number of imidazole rings is 1. The van der Waals surface area contributed by atoms with Gasteiger partial charge in [0.25, 0.3) is 0 Å². The van der Waals surface area contributed by atoms with Gasteiger partial charge in [0.1, 0.15) is 0 Å². The van der Waals surface area contributed by atoms with Crippen molar-refractivity contribution in [3.05, 3.63) is 12.4 Å². The summed E-state index contributed by atoms with van der Waals surface area (Å²) in [6.45, 7) is 8.77. The van der Waals surface area contributed by atoms with Crippen molar-refractivity contribution >= 4 is 11.9 Å². The predicted octanol–water partition coefficient (Wildman–Crippen LogP) is 1.64. The molecule has 20 heavy (non-hydrogen) atoms. The Morgan fingerprint density at radius 1 is 1.15 bits per heavy atom. The molecule has 108 valence electrons. The minimum Gasteiger partial charge on any atom is -0.357 e. The topological polar surface area (TPSA) is 71.8 Å². The highest BCUT2D eigenvalue weighted by Crippen LogP contribution is 2.18. The fraction of sp³-hybridized carbons (Fsp3) is 0.538. The van der Waals surface area contributed by atoms with E-state index in [9.17, 15) is 0 Å². The molecule has 1 N–H and O–H groups in total. The van der Waals surface area contributed by atoms with E-state index in [2.05, 4.69) is 50.9 Å². The van der Waals surface area contributed by atoms with Crippen LogP contribution in [0.5, 0.6) is 0 Å². The van der Waals surface area contributed by atoms with E-state index in [4.69, 9.17) is 0 Å². The second kappa shape index (κ2) is 6.31. The lowest BCUT2D eigenvalue weighted by Gasteiger charge is -2.19. The molecule has 0 aromatic carbocycles. The molecule has 2 rings (SSSR count). The Morgan fingerprint density at radius 2 is 1.90 bits per heavy atom. The molecule has 7 heteroatoms. The lowest BCUT2D eigenvalue weighted by atomic mass is 10.5. The second-order valence-corrected chi connectivity index (χ2v) is 4.24. The van der Waals surface area contributed by atoms with Gasteiger partial charge in [-0.15, -0.1) is 0 Å². The van der Waals surface area contributed by atoms with Crippen molar-refractivity contribution in [1.82, 2.24) is 24.5 Å². The van der Waals surface area contributed by atoms with Crippen LogP contribution in [0.4, 0.5) is 11.9 Å². The smallest absolute Gasteiger partial charge is 0.230 e. The lowest BCUT2D eigenvalue weighted by molar-refractivity contribution is 0.758. The molecule has 0 spiro atoms. The number of nitrogens with one attached hydrogen (secondary N) is 1. The third kappa shape index (κ3) is 2.71. The van der Waals surface area contributed by atoms with E-state index >= 15 is 0 Å². The molecule has 0 atom stereocenters. The van der Waals surface area contributed by atoms with E-state index in [1.54, 1.807) is 13.2 Å². The van der Waals surface area contributed by atoms with Gasteiger partial charge in [-0.2, -0.15) is 15.0 Å². The van der Waals surface area contributed by atoms with Crippen molar-refractivity contribution in [3.8, 4) is 11.6 Å². The third-order valence-electron chi connectivity index (χ3n) is 3.15. The van der Waals surface area contributed by atoms with Crippen LogP contribution >= 0.6 is 0 Å². The van der Waals surface area contributed by atoms with E-state index in [0.29, 0.717) is 17.7 Å². The molecule has 0 amide bonds. The first-order chi connectivity index (χ1) is 9.73. The number of aromatic nitrogens is 5. The number of anilines is 2. The summed E-state index contributed by atoms with van der Waals surface area (Å²) in [7, 11) is 1.80. The summed E-state index contributed by atoms with van der Waals surface area (Å²) in [5.41, 5.74) is 0. The van der Waals surface area contributed by atoms with Crippen LogP contribution in [0.3, 0.4) is 0 Å². The van der Waals surface area contributed by atoms with E-state index in [0.717, 1.165) is 25.5 Å². The molecule has 0 unspecified atom stereocenters. The summed E-state index contributed by atoms with van der Waals surface area (Å²) in [4.78, 5) is 19.8. The average Bonchev–Trinajstić information content (AvgIpc) is 2.96. The molecule has 0 saturated carbocycles. The summed E-state index contributed by atoms with van der Waals surface area (Å²) in [5.74, 6) is 2.59. The summed E-state index contributed by atoms with van der Waals surface area (Å²) >= 11 is 0. The molecule has 0 saturated heterocycles. The summed E-state index contributed by atoms with van der Waals surface area (Å²) in [6, 6.07) is 0. The fourth-order valence-electron chi connectivity index (χ4n) is 1.99. The number of rotatable bonds is 6. The minimum absolute atomic E-state index is 0.558. The molecule has 0 aliphatic rings. The monoisotopic (exact) mass is 275 g/mol. The number of nitrogens with zero attached hydrogens (tertiary/aromatic N) is 6. The Hall–Kier alpha value is -2.18. The summed E-state index contributed by atoms with van der Waals surface area (Å²) in [6.07, 6.45) is 3.69. The normalized spacial score (nSPS) is 10.6. The number of hydrogen-bond acceptors (Lipinski definition) is 6. The van der Waals surface area contributed by atoms with Crippen LogP contribution in [0.2, 0.25) is 0 Å². The molecule has 2 aromatic rings. The Balaban J connectivity index is 2.50. The molecule has 2 aromatic heterocycles. The molecule has 7 nitrogen and oxygen atoms in total. The number of hydrogen-bond donors (Lipinski definition) is 1. The Bertz CT molecular complexity index is 560. The SMILES string of the molecule is CCN(CC)c1nc(NC)nc(-c2nccn2CC)n1. The van der Waals surface area contributed by atoms with E-state index in [-0.39, 0.29) is 0 Å². The predicted molar refractivity (Wildman–Crippen MR) is 79.8 cm³/mol. The fourth-order valence-corrected chi connectivity index (χ4v) is 1.99. The van der Waals surface area contributed by atoms with Crippen molar-refractivity contribution in [2.45, 2.75) is 27.3 Å². The van der Waals surface area contributed by atoms with Crippen molar-refractivity contribution in [2.24, 2.45) is 0 Å². The van der Waals surface area contributed by atoms with Crippen molar-refractivity contribution in [2.75, 3.05) is 30.4 Å². The Labute approximate surface area is 119 Å². The highest BCUT2D eigenvalue weighted by molar-refractivity contribution is 5.51. The highest BCUT2D eigenvalue weighted by atomic mass is 15.3. The van der Waals surface area contributed by atoms with Crippen molar-refractivity contribution < 1.29 is 0 Å². The molecule has 0 aliphatic heterocycles. The molecule has 0 fully saturated rings. The third-order valence-corrected chi connectivity index (χ3v) is 3.15. The molecular formula is C13H21N7. The summed E-state index contributed by atoms with van der Waals surface area (Å²) < 4.78 is 2.01. The van der Waals surface area contributed by atoms with Gasteiger partial charge in [-0.05, 0) is 20.8 Å².